The maximum atomic E-state index is 11.5. The highest BCUT2D eigenvalue weighted by atomic mass is 16.4. The molecule has 0 aliphatic heterocycles. The Bertz CT molecular complexity index is 249. The lowest BCUT2D eigenvalue weighted by Crippen LogP contribution is -2.41. The molecule has 0 spiro atoms. The lowest BCUT2D eigenvalue weighted by atomic mass is 9.90. The smallest absolute Gasteiger partial charge is 0.230 e. The van der Waals surface area contributed by atoms with E-state index in [0.717, 1.165) is 6.42 Å². The number of nitrogens with one attached hydrogen (secondary N) is 1. The van der Waals surface area contributed by atoms with E-state index in [0.29, 0.717) is 6.54 Å². The van der Waals surface area contributed by atoms with Crippen LogP contribution in [0.5, 0.6) is 0 Å². The van der Waals surface area contributed by atoms with Crippen LogP contribution in [-0.4, -0.2) is 23.5 Å². The number of oxime groups is 1. The van der Waals surface area contributed by atoms with Crippen LogP contribution < -0.4 is 11.1 Å². The van der Waals surface area contributed by atoms with Crippen LogP contribution in [-0.2, 0) is 4.79 Å². The van der Waals surface area contributed by atoms with Crippen molar-refractivity contribution >= 4 is 11.7 Å². The molecule has 0 bridgehead atoms. The maximum Gasteiger partial charge on any atom is 0.230 e. The zero-order valence-electron chi connectivity index (χ0n) is 9.87. The second-order valence-corrected chi connectivity index (χ2v) is 4.48. The molecule has 5 heteroatoms. The number of hydrogen-bond acceptors (Lipinski definition) is 3. The number of amidine groups is 1. The van der Waals surface area contributed by atoms with Crippen molar-refractivity contribution in [2.24, 2.45) is 22.2 Å². The van der Waals surface area contributed by atoms with Crippen LogP contribution in [0, 0.1) is 11.3 Å². The molecule has 0 aromatic carbocycles. The minimum absolute atomic E-state index is 0.0678. The first-order valence-corrected chi connectivity index (χ1v) is 5.09. The SMILES string of the molecule is CCC(C)(C)CNC(=O)C(C)C(N)=NO. The van der Waals surface area contributed by atoms with Crippen molar-refractivity contribution in [2.45, 2.75) is 34.1 Å². The first-order valence-electron chi connectivity index (χ1n) is 5.09. The fourth-order valence-electron chi connectivity index (χ4n) is 0.825. The fourth-order valence-corrected chi connectivity index (χ4v) is 0.825. The molecule has 1 atom stereocenters. The largest absolute Gasteiger partial charge is 0.409 e. The number of nitrogens with two attached hydrogens (primary N) is 1. The molecule has 88 valence electrons. The van der Waals surface area contributed by atoms with Crippen molar-refractivity contribution in [1.82, 2.24) is 5.32 Å². The summed E-state index contributed by atoms with van der Waals surface area (Å²) in [5.74, 6) is -0.878. The zero-order chi connectivity index (χ0) is 12.1. The summed E-state index contributed by atoms with van der Waals surface area (Å²) in [6.07, 6.45) is 0.977. The summed E-state index contributed by atoms with van der Waals surface area (Å²) >= 11 is 0. The Morgan fingerprint density at radius 3 is 2.53 bits per heavy atom. The van der Waals surface area contributed by atoms with E-state index in [-0.39, 0.29) is 17.2 Å². The molecule has 0 aromatic rings. The fraction of sp³-hybridized carbons (Fsp3) is 0.800. The van der Waals surface area contributed by atoms with Gasteiger partial charge < -0.3 is 16.3 Å². The van der Waals surface area contributed by atoms with Gasteiger partial charge in [0, 0.05) is 6.54 Å². The van der Waals surface area contributed by atoms with Crippen LogP contribution in [0.25, 0.3) is 0 Å². The molecule has 0 aliphatic carbocycles. The van der Waals surface area contributed by atoms with Gasteiger partial charge in [-0.2, -0.15) is 0 Å². The van der Waals surface area contributed by atoms with Gasteiger partial charge in [-0.05, 0) is 18.8 Å². The highest BCUT2D eigenvalue weighted by Gasteiger charge is 2.21. The van der Waals surface area contributed by atoms with Gasteiger partial charge in [0.05, 0.1) is 5.92 Å². The Kier molecular flexibility index (Phi) is 5.11. The summed E-state index contributed by atoms with van der Waals surface area (Å²) < 4.78 is 0. The molecule has 0 saturated heterocycles. The monoisotopic (exact) mass is 215 g/mol. The van der Waals surface area contributed by atoms with E-state index in [1.807, 2.05) is 0 Å². The van der Waals surface area contributed by atoms with Crippen LogP contribution in [0.2, 0.25) is 0 Å². The second kappa shape index (κ2) is 5.58. The predicted octanol–water partition coefficient (Wildman–Crippen LogP) is 0.921. The van der Waals surface area contributed by atoms with Crippen LogP contribution in [0.1, 0.15) is 34.1 Å². The first-order chi connectivity index (χ1) is 6.84. The summed E-state index contributed by atoms with van der Waals surface area (Å²) in [4.78, 5) is 11.5. The summed E-state index contributed by atoms with van der Waals surface area (Å²) in [7, 11) is 0. The van der Waals surface area contributed by atoms with Gasteiger partial charge >= 0.3 is 0 Å². The van der Waals surface area contributed by atoms with Gasteiger partial charge in [-0.15, -0.1) is 0 Å². The molecular weight excluding hydrogens is 194 g/mol. The molecule has 1 amide bonds. The number of carbonyl (C=O) groups is 1. The number of hydrogen-bond donors (Lipinski definition) is 3. The third kappa shape index (κ3) is 4.67. The van der Waals surface area contributed by atoms with Gasteiger partial charge in [-0.3, -0.25) is 4.79 Å². The average molecular weight is 215 g/mol. The number of amides is 1. The molecule has 0 fully saturated rings. The van der Waals surface area contributed by atoms with E-state index >= 15 is 0 Å². The van der Waals surface area contributed by atoms with Crippen molar-refractivity contribution in [2.75, 3.05) is 6.54 Å². The highest BCUT2D eigenvalue weighted by molar-refractivity contribution is 6.01. The summed E-state index contributed by atoms with van der Waals surface area (Å²) in [6, 6.07) is 0. The summed E-state index contributed by atoms with van der Waals surface area (Å²) in [6.45, 7) is 8.40. The maximum absolute atomic E-state index is 11.5. The molecule has 15 heavy (non-hydrogen) atoms. The second-order valence-electron chi connectivity index (χ2n) is 4.48. The highest BCUT2D eigenvalue weighted by Crippen LogP contribution is 2.17. The van der Waals surface area contributed by atoms with Crippen molar-refractivity contribution in [3.63, 3.8) is 0 Å². The summed E-state index contributed by atoms with van der Waals surface area (Å²) in [5.41, 5.74) is 5.40. The molecule has 0 aromatic heterocycles. The summed E-state index contributed by atoms with van der Waals surface area (Å²) in [5, 5.41) is 14.0. The molecular formula is C10H21N3O2. The molecule has 1 unspecified atom stereocenters. The Balaban J connectivity index is 4.16. The van der Waals surface area contributed by atoms with Crippen molar-refractivity contribution in [3.8, 4) is 0 Å². The van der Waals surface area contributed by atoms with Gasteiger partial charge in [-0.25, -0.2) is 0 Å². The Morgan fingerprint density at radius 2 is 2.13 bits per heavy atom. The molecule has 5 nitrogen and oxygen atoms in total. The lowest BCUT2D eigenvalue weighted by Gasteiger charge is -2.23. The van der Waals surface area contributed by atoms with Gasteiger partial charge in [0.25, 0.3) is 0 Å². The normalized spacial score (nSPS) is 14.8. The zero-order valence-corrected chi connectivity index (χ0v) is 9.87. The molecule has 4 N–H and O–H groups in total. The molecule has 0 aliphatic rings. The quantitative estimate of drug-likeness (QED) is 0.276. The van der Waals surface area contributed by atoms with Crippen molar-refractivity contribution in [1.29, 1.82) is 0 Å². The Morgan fingerprint density at radius 1 is 1.60 bits per heavy atom. The minimum atomic E-state index is -0.595. The number of carbonyl (C=O) groups excluding carboxylic acids is 1. The molecule has 0 saturated carbocycles. The Hall–Kier alpha value is -1.26. The average Bonchev–Trinajstić information content (AvgIpc) is 2.23. The van der Waals surface area contributed by atoms with E-state index < -0.39 is 5.92 Å². The molecule has 0 radical (unpaired) electrons. The third-order valence-electron chi connectivity index (χ3n) is 2.65. The van der Waals surface area contributed by atoms with E-state index in [4.69, 9.17) is 10.9 Å². The topological polar surface area (TPSA) is 87.7 Å². The lowest BCUT2D eigenvalue weighted by molar-refractivity contribution is -0.123. The van der Waals surface area contributed by atoms with E-state index in [2.05, 4.69) is 31.2 Å². The van der Waals surface area contributed by atoms with Crippen molar-refractivity contribution < 1.29 is 10.0 Å². The van der Waals surface area contributed by atoms with Gasteiger partial charge in [0.2, 0.25) is 5.91 Å². The molecule has 0 heterocycles. The van der Waals surface area contributed by atoms with Gasteiger partial charge in [0.1, 0.15) is 0 Å². The van der Waals surface area contributed by atoms with Gasteiger partial charge in [0.15, 0.2) is 5.84 Å². The molecule has 0 rings (SSSR count). The first kappa shape index (κ1) is 13.7. The number of nitrogens with zero attached hydrogens (tertiary/aromatic N) is 1. The van der Waals surface area contributed by atoms with Crippen LogP contribution in [0.3, 0.4) is 0 Å². The number of rotatable bonds is 5. The van der Waals surface area contributed by atoms with E-state index in [1.165, 1.54) is 0 Å². The van der Waals surface area contributed by atoms with E-state index in [9.17, 15) is 4.79 Å². The van der Waals surface area contributed by atoms with Crippen LogP contribution in [0.15, 0.2) is 5.16 Å². The minimum Gasteiger partial charge on any atom is -0.409 e. The van der Waals surface area contributed by atoms with Gasteiger partial charge in [-0.1, -0.05) is 25.9 Å². The van der Waals surface area contributed by atoms with E-state index in [1.54, 1.807) is 6.92 Å². The van der Waals surface area contributed by atoms with Crippen molar-refractivity contribution in [3.05, 3.63) is 0 Å². The standard InChI is InChI=1S/C10H21N3O2/c1-5-10(3,4)6-12-9(14)7(2)8(11)13-15/h7,15H,5-6H2,1-4H3,(H2,11,13)(H,12,14). The predicted molar refractivity (Wildman–Crippen MR) is 59.7 cm³/mol. The Labute approximate surface area is 90.7 Å². The van der Waals surface area contributed by atoms with Crippen LogP contribution in [0.4, 0.5) is 0 Å². The van der Waals surface area contributed by atoms with Crippen LogP contribution >= 0.6 is 0 Å². The third-order valence-corrected chi connectivity index (χ3v) is 2.65.